The van der Waals surface area contributed by atoms with E-state index in [0.717, 1.165) is 0 Å². The number of nitrogens with zero attached hydrogens (tertiary/aromatic N) is 3. The predicted molar refractivity (Wildman–Crippen MR) is 72.2 cm³/mol. The largest absolute Gasteiger partial charge is 0.339 e. The summed E-state index contributed by atoms with van der Waals surface area (Å²) in [7, 11) is 0. The molecule has 1 aliphatic heterocycles. The van der Waals surface area contributed by atoms with E-state index in [1.807, 2.05) is 13.8 Å². The number of carbonyl (C=O) groups excluding carboxylic acids is 2. The van der Waals surface area contributed by atoms with Crippen LogP contribution in [0.15, 0.2) is 16.9 Å². The van der Waals surface area contributed by atoms with Crippen LogP contribution in [0.3, 0.4) is 0 Å². The Labute approximate surface area is 116 Å². The van der Waals surface area contributed by atoms with Crippen molar-refractivity contribution >= 4 is 11.8 Å². The van der Waals surface area contributed by atoms with Gasteiger partial charge in [0.25, 0.3) is 11.5 Å². The highest BCUT2D eigenvalue weighted by atomic mass is 16.2. The zero-order valence-electron chi connectivity index (χ0n) is 11.6. The molecular formula is C13H18N4O3. The van der Waals surface area contributed by atoms with Gasteiger partial charge in [-0.15, -0.1) is 0 Å². The minimum Gasteiger partial charge on any atom is -0.339 e. The maximum atomic E-state index is 12.2. The topological polar surface area (TPSA) is 86.4 Å². The minimum atomic E-state index is -0.339. The van der Waals surface area contributed by atoms with Gasteiger partial charge in [-0.05, 0) is 6.07 Å². The summed E-state index contributed by atoms with van der Waals surface area (Å²) in [6.45, 7) is 5.77. The molecule has 1 N–H and O–H groups in total. The molecule has 7 heteroatoms. The first-order valence-electron chi connectivity index (χ1n) is 6.63. The zero-order valence-corrected chi connectivity index (χ0v) is 11.6. The standard InChI is InChI=1S/C13H18N4O3/c1-9(2)12(19)16-5-7-17(8-6-16)13(20)10-3-4-11(18)15-14-10/h3-4,9H,5-8H2,1-2H3,(H,15,18). The van der Waals surface area contributed by atoms with Crippen molar-refractivity contribution < 1.29 is 9.59 Å². The van der Waals surface area contributed by atoms with Gasteiger partial charge in [0.05, 0.1) is 0 Å². The van der Waals surface area contributed by atoms with Crippen molar-refractivity contribution in [3.8, 4) is 0 Å². The smallest absolute Gasteiger partial charge is 0.274 e. The average Bonchev–Trinajstić information content (AvgIpc) is 2.46. The van der Waals surface area contributed by atoms with Gasteiger partial charge in [0.2, 0.25) is 5.91 Å². The first-order valence-corrected chi connectivity index (χ1v) is 6.63. The molecular weight excluding hydrogens is 260 g/mol. The van der Waals surface area contributed by atoms with Crippen molar-refractivity contribution in [2.45, 2.75) is 13.8 Å². The molecule has 20 heavy (non-hydrogen) atoms. The van der Waals surface area contributed by atoms with Gasteiger partial charge in [-0.25, -0.2) is 5.10 Å². The number of nitrogens with one attached hydrogen (secondary N) is 1. The van der Waals surface area contributed by atoms with E-state index in [-0.39, 0.29) is 29.0 Å². The molecule has 1 saturated heterocycles. The number of amides is 2. The molecule has 0 spiro atoms. The van der Waals surface area contributed by atoms with Gasteiger partial charge in [-0.1, -0.05) is 13.8 Å². The number of hydrogen-bond donors (Lipinski definition) is 1. The van der Waals surface area contributed by atoms with Gasteiger partial charge in [-0.3, -0.25) is 14.4 Å². The van der Waals surface area contributed by atoms with E-state index in [1.54, 1.807) is 9.80 Å². The summed E-state index contributed by atoms with van der Waals surface area (Å²) in [6.07, 6.45) is 0. The lowest BCUT2D eigenvalue weighted by Gasteiger charge is -2.35. The molecule has 108 valence electrons. The van der Waals surface area contributed by atoms with Gasteiger partial charge in [0, 0.05) is 38.2 Å². The Morgan fingerprint density at radius 2 is 1.75 bits per heavy atom. The minimum absolute atomic E-state index is 0.0295. The van der Waals surface area contributed by atoms with Gasteiger partial charge in [0.1, 0.15) is 5.69 Å². The quantitative estimate of drug-likeness (QED) is 0.805. The summed E-state index contributed by atoms with van der Waals surface area (Å²) < 4.78 is 0. The number of rotatable bonds is 2. The van der Waals surface area contributed by atoms with Crippen LogP contribution in [0, 0.1) is 5.92 Å². The van der Waals surface area contributed by atoms with Crippen LogP contribution in [-0.4, -0.2) is 58.0 Å². The number of carbonyl (C=O) groups is 2. The summed E-state index contributed by atoms with van der Waals surface area (Å²) >= 11 is 0. The molecule has 0 aromatic carbocycles. The average molecular weight is 278 g/mol. The lowest BCUT2D eigenvalue weighted by molar-refractivity contribution is -0.135. The molecule has 0 atom stereocenters. The van der Waals surface area contributed by atoms with Crippen LogP contribution in [0.2, 0.25) is 0 Å². The summed E-state index contributed by atoms with van der Waals surface area (Å²) in [5.74, 6) is -0.143. The first-order chi connectivity index (χ1) is 9.49. The fourth-order valence-corrected chi connectivity index (χ4v) is 2.12. The fraction of sp³-hybridized carbons (Fsp3) is 0.538. The highest BCUT2D eigenvalue weighted by Gasteiger charge is 2.26. The highest BCUT2D eigenvalue weighted by Crippen LogP contribution is 2.09. The van der Waals surface area contributed by atoms with Gasteiger partial charge in [-0.2, -0.15) is 5.10 Å². The normalized spacial score (nSPS) is 15.6. The number of hydrogen-bond acceptors (Lipinski definition) is 4. The van der Waals surface area contributed by atoms with E-state index in [1.165, 1.54) is 12.1 Å². The second kappa shape index (κ2) is 5.85. The second-order valence-electron chi connectivity index (χ2n) is 5.08. The third kappa shape index (κ3) is 3.04. The number of piperazine rings is 1. The monoisotopic (exact) mass is 278 g/mol. The lowest BCUT2D eigenvalue weighted by atomic mass is 10.1. The molecule has 7 nitrogen and oxygen atoms in total. The van der Waals surface area contributed by atoms with Crippen LogP contribution in [0.4, 0.5) is 0 Å². The molecule has 2 amide bonds. The Balaban J connectivity index is 1.97. The molecule has 0 bridgehead atoms. The van der Waals surface area contributed by atoms with Crippen LogP contribution < -0.4 is 5.56 Å². The van der Waals surface area contributed by atoms with E-state index in [4.69, 9.17) is 0 Å². The van der Waals surface area contributed by atoms with Crippen LogP contribution >= 0.6 is 0 Å². The van der Waals surface area contributed by atoms with Crippen molar-refractivity contribution in [2.24, 2.45) is 5.92 Å². The summed E-state index contributed by atoms with van der Waals surface area (Å²) in [6, 6.07) is 2.69. The van der Waals surface area contributed by atoms with Crippen LogP contribution in [0.25, 0.3) is 0 Å². The molecule has 0 aliphatic carbocycles. The molecule has 1 aliphatic rings. The Hall–Kier alpha value is -2.18. The highest BCUT2D eigenvalue weighted by molar-refractivity contribution is 5.92. The molecule has 1 fully saturated rings. The molecule has 0 saturated carbocycles. The van der Waals surface area contributed by atoms with Gasteiger partial charge < -0.3 is 9.80 Å². The van der Waals surface area contributed by atoms with E-state index < -0.39 is 0 Å². The molecule has 0 unspecified atom stereocenters. The molecule has 0 radical (unpaired) electrons. The Morgan fingerprint density at radius 1 is 1.15 bits per heavy atom. The predicted octanol–water partition coefficient (Wildman–Crippen LogP) is -0.290. The fourth-order valence-electron chi connectivity index (χ4n) is 2.12. The summed E-state index contributed by atoms with van der Waals surface area (Å²) in [4.78, 5) is 38.3. The van der Waals surface area contributed by atoms with Crippen LogP contribution in [-0.2, 0) is 4.79 Å². The SMILES string of the molecule is CC(C)C(=O)N1CCN(C(=O)c2ccc(=O)[nH]n2)CC1. The lowest BCUT2D eigenvalue weighted by Crippen LogP contribution is -2.51. The molecule has 2 rings (SSSR count). The molecule has 1 aromatic rings. The van der Waals surface area contributed by atoms with Crippen LogP contribution in [0.1, 0.15) is 24.3 Å². The third-order valence-electron chi connectivity index (χ3n) is 3.27. The van der Waals surface area contributed by atoms with E-state index in [0.29, 0.717) is 26.2 Å². The maximum Gasteiger partial charge on any atom is 0.274 e. The first kappa shape index (κ1) is 14.2. The van der Waals surface area contributed by atoms with Crippen molar-refractivity contribution in [1.82, 2.24) is 20.0 Å². The Kier molecular flexibility index (Phi) is 4.16. The zero-order chi connectivity index (χ0) is 14.7. The van der Waals surface area contributed by atoms with Crippen molar-refractivity contribution in [1.29, 1.82) is 0 Å². The Morgan fingerprint density at radius 3 is 2.25 bits per heavy atom. The van der Waals surface area contributed by atoms with E-state index >= 15 is 0 Å². The maximum absolute atomic E-state index is 12.2. The van der Waals surface area contributed by atoms with Crippen molar-refractivity contribution in [2.75, 3.05) is 26.2 Å². The summed E-state index contributed by atoms with van der Waals surface area (Å²) in [5.41, 5.74) is -0.123. The number of aromatic amines is 1. The van der Waals surface area contributed by atoms with E-state index in [9.17, 15) is 14.4 Å². The molecule has 1 aromatic heterocycles. The Bertz CT molecular complexity index is 538. The van der Waals surface area contributed by atoms with Crippen molar-refractivity contribution in [3.63, 3.8) is 0 Å². The number of H-pyrrole nitrogens is 1. The third-order valence-corrected chi connectivity index (χ3v) is 3.27. The van der Waals surface area contributed by atoms with Gasteiger partial charge >= 0.3 is 0 Å². The summed E-state index contributed by atoms with van der Waals surface area (Å²) in [5, 5.41) is 5.97. The second-order valence-corrected chi connectivity index (χ2v) is 5.08. The van der Waals surface area contributed by atoms with Crippen LogP contribution in [0.5, 0.6) is 0 Å². The molecule has 2 heterocycles. The van der Waals surface area contributed by atoms with Crippen molar-refractivity contribution in [3.05, 3.63) is 28.2 Å². The van der Waals surface area contributed by atoms with E-state index in [2.05, 4.69) is 10.2 Å². The van der Waals surface area contributed by atoms with Gasteiger partial charge in [0.15, 0.2) is 0 Å². The number of aromatic nitrogens is 2.